The molecule has 1 saturated heterocycles. The summed E-state index contributed by atoms with van der Waals surface area (Å²) >= 11 is 3.61. The molecule has 2 aliphatic rings. The van der Waals surface area contributed by atoms with Crippen molar-refractivity contribution >= 4 is 20.4 Å². The van der Waals surface area contributed by atoms with Crippen molar-refractivity contribution in [3.63, 3.8) is 0 Å². The molecule has 0 spiro atoms. The highest BCUT2D eigenvalue weighted by Gasteiger charge is 2.30. The summed E-state index contributed by atoms with van der Waals surface area (Å²) in [7, 11) is 1.64. The quantitative estimate of drug-likeness (QED) is 0.823. The average molecular weight is 341 g/mol. The smallest absolute Gasteiger partial charge is 0.184 e. The molecule has 5 heteroatoms. The third kappa shape index (κ3) is 2.45. The van der Waals surface area contributed by atoms with E-state index < -0.39 is 0 Å². The van der Waals surface area contributed by atoms with E-state index >= 15 is 0 Å². The first kappa shape index (κ1) is 13.9. The molecule has 3 rings (SSSR count). The Hall–Kier alpha value is -1.04. The number of rotatable bonds is 2. The van der Waals surface area contributed by atoms with Gasteiger partial charge in [0.2, 0.25) is 0 Å². The van der Waals surface area contributed by atoms with Crippen molar-refractivity contribution in [3.05, 3.63) is 29.3 Å². The Kier molecular flexibility index (Phi) is 3.52. The number of hydrogen-bond donors (Lipinski definition) is 0. The highest BCUT2D eigenvalue weighted by Crippen LogP contribution is 2.46. The Bertz CT molecular complexity index is 559. The molecule has 0 unspecified atom stereocenters. The van der Waals surface area contributed by atoms with Gasteiger partial charge in [-0.2, -0.15) is 0 Å². The zero-order valence-electron chi connectivity index (χ0n) is 11.7. The molecule has 1 fully saturated rings. The molecule has 0 N–H and O–H groups in total. The Morgan fingerprint density at radius 1 is 1.25 bits per heavy atom. The van der Waals surface area contributed by atoms with Gasteiger partial charge in [-0.1, -0.05) is 15.9 Å². The minimum atomic E-state index is -0.374. The number of ether oxygens (including phenoxy) is 4. The van der Waals surface area contributed by atoms with Crippen LogP contribution in [0.3, 0.4) is 0 Å². The van der Waals surface area contributed by atoms with Crippen LogP contribution < -0.4 is 9.47 Å². The van der Waals surface area contributed by atoms with Crippen molar-refractivity contribution in [2.45, 2.75) is 25.7 Å². The van der Waals surface area contributed by atoms with E-state index in [0.717, 1.165) is 21.4 Å². The van der Waals surface area contributed by atoms with Crippen LogP contribution in [0.2, 0.25) is 0 Å². The van der Waals surface area contributed by atoms with Gasteiger partial charge in [0.1, 0.15) is 5.60 Å². The summed E-state index contributed by atoms with van der Waals surface area (Å²) in [6, 6.07) is 3.93. The van der Waals surface area contributed by atoms with Crippen molar-refractivity contribution < 1.29 is 18.9 Å². The van der Waals surface area contributed by atoms with Crippen molar-refractivity contribution in [2.24, 2.45) is 0 Å². The van der Waals surface area contributed by atoms with Gasteiger partial charge < -0.3 is 18.9 Å². The molecule has 1 aromatic rings. The van der Waals surface area contributed by atoms with Crippen molar-refractivity contribution in [1.82, 2.24) is 0 Å². The number of hydrogen-bond acceptors (Lipinski definition) is 4. The monoisotopic (exact) mass is 340 g/mol. The highest BCUT2D eigenvalue weighted by atomic mass is 79.9. The first-order valence-electron chi connectivity index (χ1n) is 6.53. The van der Waals surface area contributed by atoms with Gasteiger partial charge in [0.15, 0.2) is 17.8 Å². The van der Waals surface area contributed by atoms with E-state index in [9.17, 15) is 0 Å². The molecule has 2 aliphatic heterocycles. The topological polar surface area (TPSA) is 36.9 Å². The second-order valence-corrected chi connectivity index (χ2v) is 6.23. The molecule has 0 atom stereocenters. The maximum absolute atomic E-state index is 6.02. The van der Waals surface area contributed by atoms with Crippen LogP contribution in [0.5, 0.6) is 11.5 Å². The van der Waals surface area contributed by atoms with Gasteiger partial charge >= 0.3 is 0 Å². The van der Waals surface area contributed by atoms with Crippen molar-refractivity contribution in [2.75, 3.05) is 20.3 Å². The molecular weight excluding hydrogens is 324 g/mol. The minimum Gasteiger partial charge on any atom is -0.493 e. The van der Waals surface area contributed by atoms with Crippen LogP contribution >= 0.6 is 15.9 Å². The molecule has 0 bridgehead atoms. The maximum Gasteiger partial charge on any atom is 0.184 e. The summed E-state index contributed by atoms with van der Waals surface area (Å²) in [5.74, 6) is 1.43. The molecule has 1 aromatic carbocycles. The Morgan fingerprint density at radius 3 is 2.60 bits per heavy atom. The van der Waals surface area contributed by atoms with E-state index in [2.05, 4.69) is 15.9 Å². The van der Waals surface area contributed by atoms with Crippen molar-refractivity contribution in [3.8, 4) is 11.5 Å². The zero-order chi connectivity index (χ0) is 14.3. The van der Waals surface area contributed by atoms with E-state index in [1.807, 2.05) is 32.1 Å². The molecular formula is C15H17BrO4. The Labute approximate surface area is 126 Å². The lowest BCUT2D eigenvalue weighted by molar-refractivity contribution is -0.0443. The molecule has 0 aromatic heterocycles. The zero-order valence-corrected chi connectivity index (χ0v) is 13.3. The van der Waals surface area contributed by atoms with E-state index in [0.29, 0.717) is 19.0 Å². The maximum atomic E-state index is 6.02. The number of methoxy groups -OCH3 is 1. The summed E-state index contributed by atoms with van der Waals surface area (Å²) in [6.07, 6.45) is 1.71. The second-order valence-electron chi connectivity index (χ2n) is 5.37. The van der Waals surface area contributed by atoms with Gasteiger partial charge in [-0.05, 0) is 32.1 Å². The Morgan fingerprint density at radius 2 is 1.95 bits per heavy atom. The summed E-state index contributed by atoms with van der Waals surface area (Å²) in [4.78, 5) is 0. The fourth-order valence-corrected chi connectivity index (χ4v) is 3.27. The SMILES string of the molecule is COc1cc(C2OCCO2)cc2c1OC(C)(C)C=C2Br. The van der Waals surface area contributed by atoms with Crippen LogP contribution in [0.1, 0.15) is 31.3 Å². The number of halogens is 1. The molecule has 0 aliphatic carbocycles. The van der Waals surface area contributed by atoms with Gasteiger partial charge in [-0.3, -0.25) is 0 Å². The lowest BCUT2D eigenvalue weighted by Crippen LogP contribution is -2.28. The van der Waals surface area contributed by atoms with E-state index in [4.69, 9.17) is 18.9 Å². The van der Waals surface area contributed by atoms with E-state index in [1.165, 1.54) is 0 Å². The second kappa shape index (κ2) is 5.06. The van der Waals surface area contributed by atoms with Crippen LogP contribution in [0.4, 0.5) is 0 Å². The van der Waals surface area contributed by atoms with Crippen LogP contribution in [0, 0.1) is 0 Å². The fraction of sp³-hybridized carbons (Fsp3) is 0.467. The van der Waals surface area contributed by atoms with E-state index in [-0.39, 0.29) is 11.9 Å². The third-order valence-electron chi connectivity index (χ3n) is 3.29. The predicted molar refractivity (Wildman–Crippen MR) is 79.3 cm³/mol. The molecule has 0 radical (unpaired) electrons. The van der Waals surface area contributed by atoms with Gasteiger partial charge in [0.25, 0.3) is 0 Å². The normalized spacial score (nSPS) is 21.1. The van der Waals surface area contributed by atoms with Gasteiger partial charge in [-0.25, -0.2) is 0 Å². The Balaban J connectivity index is 2.09. The average Bonchev–Trinajstić information content (AvgIpc) is 2.90. The van der Waals surface area contributed by atoms with Crippen LogP contribution in [-0.4, -0.2) is 25.9 Å². The largest absolute Gasteiger partial charge is 0.493 e. The first-order chi connectivity index (χ1) is 9.50. The standard InChI is InChI=1S/C15H17BrO4/c1-15(2)8-11(16)10-6-9(14-18-4-5-19-14)7-12(17-3)13(10)20-15/h6-8,14H,4-5H2,1-3H3. The van der Waals surface area contributed by atoms with E-state index in [1.54, 1.807) is 7.11 Å². The number of benzene rings is 1. The van der Waals surface area contributed by atoms with Gasteiger partial charge in [0.05, 0.1) is 20.3 Å². The van der Waals surface area contributed by atoms with Crippen LogP contribution in [0.15, 0.2) is 18.2 Å². The van der Waals surface area contributed by atoms with Gasteiger partial charge in [0, 0.05) is 15.6 Å². The van der Waals surface area contributed by atoms with Crippen LogP contribution in [-0.2, 0) is 9.47 Å². The molecule has 0 amide bonds. The van der Waals surface area contributed by atoms with Crippen molar-refractivity contribution in [1.29, 1.82) is 0 Å². The number of fused-ring (bicyclic) bond motifs is 1. The predicted octanol–water partition coefficient (Wildman–Crippen LogP) is 3.65. The highest BCUT2D eigenvalue weighted by molar-refractivity contribution is 9.15. The molecule has 108 valence electrons. The minimum absolute atomic E-state index is 0.329. The summed E-state index contributed by atoms with van der Waals surface area (Å²) < 4.78 is 23.6. The van der Waals surface area contributed by atoms with Crippen LogP contribution in [0.25, 0.3) is 4.48 Å². The third-order valence-corrected chi connectivity index (χ3v) is 3.94. The fourth-order valence-electron chi connectivity index (χ4n) is 2.42. The molecule has 20 heavy (non-hydrogen) atoms. The first-order valence-corrected chi connectivity index (χ1v) is 7.32. The molecule has 2 heterocycles. The summed E-state index contributed by atoms with van der Waals surface area (Å²) in [5.41, 5.74) is 1.52. The van der Waals surface area contributed by atoms with Gasteiger partial charge in [-0.15, -0.1) is 0 Å². The summed E-state index contributed by atoms with van der Waals surface area (Å²) in [5, 5.41) is 0. The lowest BCUT2D eigenvalue weighted by Gasteiger charge is -2.31. The summed E-state index contributed by atoms with van der Waals surface area (Å²) in [6.45, 7) is 5.25. The lowest BCUT2D eigenvalue weighted by atomic mass is 10.00. The molecule has 4 nitrogen and oxygen atoms in total. The molecule has 0 saturated carbocycles.